The molecule has 90 valence electrons. The van der Waals surface area contributed by atoms with Crippen molar-refractivity contribution in [3.8, 4) is 5.75 Å². The first-order valence-electron chi connectivity index (χ1n) is 5.03. The summed E-state index contributed by atoms with van der Waals surface area (Å²) in [6.07, 6.45) is 0.837. The molecule has 0 fully saturated rings. The van der Waals surface area contributed by atoms with Crippen LogP contribution in [0.5, 0.6) is 5.75 Å². The largest absolute Gasteiger partial charge is 0.493 e. The van der Waals surface area contributed by atoms with Gasteiger partial charge < -0.3 is 9.64 Å². The predicted octanol–water partition coefficient (Wildman–Crippen LogP) is 2.38. The molecule has 0 unspecified atom stereocenters. The molecule has 0 spiro atoms. The standard InChI is InChI=1S/C12H17NO2.ClH/c1-4-15-12-6-5-10(8-13(2)3)7-11(12)9-14;/h5-7,9H,4,8H2,1-3H3;1H. The Hall–Kier alpha value is -1.06. The van der Waals surface area contributed by atoms with Crippen molar-refractivity contribution in [1.29, 1.82) is 0 Å². The maximum absolute atomic E-state index is 10.8. The maximum atomic E-state index is 10.8. The number of benzene rings is 1. The number of rotatable bonds is 5. The molecule has 0 radical (unpaired) electrons. The number of hydrogen-bond donors (Lipinski definition) is 0. The summed E-state index contributed by atoms with van der Waals surface area (Å²) in [5, 5.41) is 0. The first-order chi connectivity index (χ1) is 7.17. The van der Waals surface area contributed by atoms with Gasteiger partial charge in [0.25, 0.3) is 0 Å². The molecule has 16 heavy (non-hydrogen) atoms. The van der Waals surface area contributed by atoms with E-state index < -0.39 is 0 Å². The fourth-order valence-electron chi connectivity index (χ4n) is 1.44. The van der Waals surface area contributed by atoms with Crippen LogP contribution in [0.2, 0.25) is 0 Å². The maximum Gasteiger partial charge on any atom is 0.153 e. The summed E-state index contributed by atoms with van der Waals surface area (Å²) in [5.74, 6) is 0.662. The Bertz CT molecular complexity index is 340. The Morgan fingerprint density at radius 2 is 2.06 bits per heavy atom. The molecule has 0 aromatic heterocycles. The predicted molar refractivity (Wildman–Crippen MR) is 67.6 cm³/mol. The van der Waals surface area contributed by atoms with Crippen LogP contribution in [0.3, 0.4) is 0 Å². The van der Waals surface area contributed by atoms with Crippen LogP contribution in [0.25, 0.3) is 0 Å². The van der Waals surface area contributed by atoms with Gasteiger partial charge in [-0.25, -0.2) is 0 Å². The molecule has 0 bridgehead atoms. The van der Waals surface area contributed by atoms with Crippen LogP contribution in [-0.2, 0) is 6.54 Å². The molecule has 1 aromatic carbocycles. The van der Waals surface area contributed by atoms with Crippen molar-refractivity contribution < 1.29 is 9.53 Å². The highest BCUT2D eigenvalue weighted by Crippen LogP contribution is 2.19. The van der Waals surface area contributed by atoms with E-state index in [0.717, 1.165) is 18.4 Å². The summed E-state index contributed by atoms with van der Waals surface area (Å²) < 4.78 is 5.34. The number of aldehydes is 1. The van der Waals surface area contributed by atoms with Gasteiger partial charge in [0.15, 0.2) is 6.29 Å². The van der Waals surface area contributed by atoms with Crippen LogP contribution >= 0.6 is 12.4 Å². The lowest BCUT2D eigenvalue weighted by Crippen LogP contribution is -2.11. The minimum absolute atomic E-state index is 0. The van der Waals surface area contributed by atoms with Crippen molar-refractivity contribution in [2.45, 2.75) is 13.5 Å². The average molecular weight is 244 g/mol. The van der Waals surface area contributed by atoms with Gasteiger partial charge in [0.1, 0.15) is 5.75 Å². The molecule has 0 saturated carbocycles. The topological polar surface area (TPSA) is 29.5 Å². The number of halogens is 1. The second kappa shape index (κ2) is 7.25. The SMILES string of the molecule is CCOc1ccc(CN(C)C)cc1C=O.Cl. The first-order valence-corrected chi connectivity index (χ1v) is 5.03. The van der Waals surface area contributed by atoms with Crippen molar-refractivity contribution >= 4 is 18.7 Å². The van der Waals surface area contributed by atoms with Crippen LogP contribution < -0.4 is 4.74 Å². The minimum Gasteiger partial charge on any atom is -0.493 e. The highest BCUT2D eigenvalue weighted by molar-refractivity contribution is 5.85. The fraction of sp³-hybridized carbons (Fsp3) is 0.417. The van der Waals surface area contributed by atoms with Crippen molar-refractivity contribution in [3.63, 3.8) is 0 Å². The Balaban J connectivity index is 0.00000225. The van der Waals surface area contributed by atoms with Gasteiger partial charge in [0.2, 0.25) is 0 Å². The van der Waals surface area contributed by atoms with Gasteiger partial charge >= 0.3 is 0 Å². The lowest BCUT2D eigenvalue weighted by atomic mass is 10.1. The van der Waals surface area contributed by atoms with Gasteiger partial charge in [-0.2, -0.15) is 0 Å². The molecule has 3 nitrogen and oxygen atoms in total. The van der Waals surface area contributed by atoms with E-state index in [1.807, 2.05) is 39.2 Å². The van der Waals surface area contributed by atoms with Crippen LogP contribution in [0.4, 0.5) is 0 Å². The van der Waals surface area contributed by atoms with E-state index in [2.05, 4.69) is 4.90 Å². The van der Waals surface area contributed by atoms with Crippen molar-refractivity contribution in [2.24, 2.45) is 0 Å². The monoisotopic (exact) mass is 243 g/mol. The second-order valence-electron chi connectivity index (χ2n) is 3.66. The number of carbonyl (C=O) groups excluding carboxylic acids is 1. The molecular formula is C12H18ClNO2. The highest BCUT2D eigenvalue weighted by Gasteiger charge is 2.04. The third-order valence-corrected chi connectivity index (χ3v) is 2.00. The Morgan fingerprint density at radius 1 is 1.38 bits per heavy atom. The molecule has 0 aliphatic carbocycles. The first kappa shape index (κ1) is 14.9. The van der Waals surface area contributed by atoms with E-state index in [1.165, 1.54) is 0 Å². The molecule has 0 amide bonds. The minimum atomic E-state index is 0. The van der Waals surface area contributed by atoms with E-state index in [9.17, 15) is 4.79 Å². The average Bonchev–Trinajstić information content (AvgIpc) is 2.20. The smallest absolute Gasteiger partial charge is 0.153 e. The highest BCUT2D eigenvalue weighted by atomic mass is 35.5. The molecule has 0 aliphatic rings. The summed E-state index contributed by atoms with van der Waals surface area (Å²) in [5.41, 5.74) is 1.74. The van der Waals surface area contributed by atoms with Crippen molar-refractivity contribution in [1.82, 2.24) is 4.90 Å². The van der Waals surface area contributed by atoms with Crippen molar-refractivity contribution in [2.75, 3.05) is 20.7 Å². The zero-order valence-corrected chi connectivity index (χ0v) is 10.7. The summed E-state index contributed by atoms with van der Waals surface area (Å²) >= 11 is 0. The van der Waals surface area contributed by atoms with E-state index in [4.69, 9.17) is 4.74 Å². The molecule has 1 aromatic rings. The van der Waals surface area contributed by atoms with Crippen molar-refractivity contribution in [3.05, 3.63) is 29.3 Å². The van der Waals surface area contributed by atoms with Gasteiger partial charge in [-0.3, -0.25) is 4.79 Å². The van der Waals surface area contributed by atoms with Gasteiger partial charge in [-0.15, -0.1) is 12.4 Å². The van der Waals surface area contributed by atoms with Crippen LogP contribution in [0.15, 0.2) is 18.2 Å². The normalized spacial score (nSPS) is 9.75. The summed E-state index contributed by atoms with van der Waals surface area (Å²) in [6, 6.07) is 5.71. The van der Waals surface area contributed by atoms with Gasteiger partial charge in [-0.05, 0) is 38.7 Å². The zero-order valence-electron chi connectivity index (χ0n) is 9.90. The molecule has 0 saturated heterocycles. The van der Waals surface area contributed by atoms with E-state index >= 15 is 0 Å². The number of carbonyl (C=O) groups is 1. The summed E-state index contributed by atoms with van der Waals surface area (Å²) in [7, 11) is 3.99. The Morgan fingerprint density at radius 3 is 2.56 bits per heavy atom. The van der Waals surface area contributed by atoms with E-state index in [0.29, 0.717) is 17.9 Å². The molecule has 4 heteroatoms. The van der Waals surface area contributed by atoms with Gasteiger partial charge in [-0.1, -0.05) is 6.07 Å². The fourth-order valence-corrected chi connectivity index (χ4v) is 1.44. The number of ether oxygens (including phenoxy) is 1. The lowest BCUT2D eigenvalue weighted by Gasteiger charge is -2.12. The molecule has 0 N–H and O–H groups in total. The van der Waals surface area contributed by atoms with E-state index in [1.54, 1.807) is 0 Å². The third kappa shape index (κ3) is 4.21. The molecule has 0 heterocycles. The van der Waals surface area contributed by atoms with Crippen LogP contribution in [0, 0.1) is 0 Å². The molecule has 0 aliphatic heterocycles. The summed E-state index contributed by atoms with van der Waals surface area (Å²) in [6.45, 7) is 3.31. The zero-order chi connectivity index (χ0) is 11.3. The molecule has 0 atom stereocenters. The molecular weight excluding hydrogens is 226 g/mol. The number of hydrogen-bond acceptors (Lipinski definition) is 3. The lowest BCUT2D eigenvalue weighted by molar-refractivity contribution is 0.111. The van der Waals surface area contributed by atoms with E-state index in [-0.39, 0.29) is 12.4 Å². The van der Waals surface area contributed by atoms with Gasteiger partial charge in [0.05, 0.1) is 12.2 Å². The summed E-state index contributed by atoms with van der Waals surface area (Å²) in [4.78, 5) is 12.9. The number of nitrogens with zero attached hydrogens (tertiary/aromatic N) is 1. The molecule has 1 rings (SSSR count). The third-order valence-electron chi connectivity index (χ3n) is 2.00. The van der Waals surface area contributed by atoms with Gasteiger partial charge in [0, 0.05) is 6.54 Å². The quantitative estimate of drug-likeness (QED) is 0.744. The second-order valence-corrected chi connectivity index (χ2v) is 3.66. The van der Waals surface area contributed by atoms with Crippen LogP contribution in [0.1, 0.15) is 22.8 Å². The van der Waals surface area contributed by atoms with Crippen LogP contribution in [-0.4, -0.2) is 31.9 Å². The Kier molecular flexibility index (Phi) is 6.77. The Labute approximate surface area is 103 Å².